The largest absolute Gasteiger partial charge is 0.497 e. The van der Waals surface area contributed by atoms with E-state index >= 15 is 0 Å². The Bertz CT molecular complexity index is 1490. The predicted molar refractivity (Wildman–Crippen MR) is 147 cm³/mol. The van der Waals surface area contributed by atoms with Crippen LogP contribution in [-0.2, 0) is 12.8 Å². The second kappa shape index (κ2) is 12.4. The minimum Gasteiger partial charge on any atom is -0.497 e. The van der Waals surface area contributed by atoms with Gasteiger partial charge in [-0.25, -0.2) is 4.98 Å². The molecule has 38 heavy (non-hydrogen) atoms. The molecule has 12 heteroatoms. The van der Waals surface area contributed by atoms with Gasteiger partial charge in [0.15, 0.2) is 11.5 Å². The average Bonchev–Trinajstić information content (AvgIpc) is 2.86. The Morgan fingerprint density at radius 1 is 0.947 bits per heavy atom. The number of benzene rings is 2. The van der Waals surface area contributed by atoms with Crippen molar-refractivity contribution in [3.05, 3.63) is 63.6 Å². The van der Waals surface area contributed by atoms with Crippen molar-refractivity contribution in [2.45, 2.75) is 25.9 Å². The minimum atomic E-state index is -4.44. The molecule has 7 nitrogen and oxygen atoms in total. The van der Waals surface area contributed by atoms with Crippen LogP contribution in [0.3, 0.4) is 0 Å². The van der Waals surface area contributed by atoms with Crippen LogP contribution in [0.15, 0.2) is 41.2 Å². The second-order valence-electron chi connectivity index (χ2n) is 8.22. The summed E-state index contributed by atoms with van der Waals surface area (Å²) in [5.41, 5.74) is 1.69. The predicted octanol–water partition coefficient (Wildman–Crippen LogP) is 6.07. The highest BCUT2D eigenvalue weighted by molar-refractivity contribution is 5.91. The zero-order valence-corrected chi connectivity index (χ0v) is 22.7. The van der Waals surface area contributed by atoms with Gasteiger partial charge in [-0.3, -0.25) is 4.79 Å². The number of hydrogen-bond donors (Lipinski definition) is 2. The highest BCUT2D eigenvalue weighted by Gasteiger charge is 2.27. The summed E-state index contributed by atoms with van der Waals surface area (Å²) in [5.74, 6) is 1.58. The number of nitrogens with zero attached hydrogens (tertiary/aromatic N) is 1. The lowest BCUT2D eigenvalue weighted by molar-refractivity contribution is -0.115. The maximum absolute atomic E-state index is 13.2. The van der Waals surface area contributed by atoms with Crippen molar-refractivity contribution in [1.82, 2.24) is 9.97 Å². The normalized spacial score (nSPS) is 11.0. The van der Waals surface area contributed by atoms with Gasteiger partial charge in [-0.2, -0.15) is 13.2 Å². The van der Waals surface area contributed by atoms with E-state index in [1.54, 1.807) is 36.4 Å². The number of anilines is 1. The number of ether oxygens (including phenoxy) is 3. The molecule has 2 heterocycles. The van der Waals surface area contributed by atoms with Gasteiger partial charge in [0.25, 0.3) is 5.56 Å². The van der Waals surface area contributed by atoms with E-state index in [0.29, 0.717) is 51.1 Å². The third-order valence-corrected chi connectivity index (χ3v) is 5.99. The Morgan fingerprint density at radius 2 is 1.61 bits per heavy atom. The molecule has 4 rings (SSSR count). The molecule has 0 fully saturated rings. The SMILES string of the molecule is CCc1[nH]c(=O)c(Cc2cc3cc(OC)ccc3nc2NCC(F)(F)F)c2cc(OC)c(OC)cc12.Cl.Cl. The number of hydrogen-bond acceptors (Lipinski definition) is 6. The molecular weight excluding hydrogens is 546 g/mol. The molecule has 0 aliphatic rings. The van der Waals surface area contributed by atoms with E-state index in [4.69, 9.17) is 14.2 Å². The molecule has 0 spiro atoms. The van der Waals surface area contributed by atoms with E-state index in [1.165, 1.54) is 21.3 Å². The van der Waals surface area contributed by atoms with Crippen molar-refractivity contribution < 1.29 is 27.4 Å². The Balaban J connectivity index is 0.00000253. The summed E-state index contributed by atoms with van der Waals surface area (Å²) in [7, 11) is 4.55. The van der Waals surface area contributed by atoms with E-state index in [1.807, 2.05) is 6.92 Å². The van der Waals surface area contributed by atoms with Crippen LogP contribution in [0.1, 0.15) is 23.7 Å². The summed E-state index contributed by atoms with van der Waals surface area (Å²) in [6.07, 6.45) is -3.84. The van der Waals surface area contributed by atoms with Gasteiger partial charge >= 0.3 is 6.18 Å². The fraction of sp³-hybridized carbons (Fsp3) is 0.308. The lowest BCUT2D eigenvalue weighted by atomic mass is 9.97. The standard InChI is InChI=1S/C26H26F3N3O4.2ClH/c1-5-20-18-12-23(36-4)22(35-3)11-17(18)19(25(33)32-20)10-15-8-14-9-16(34-2)6-7-21(14)31-24(15)30-13-26(27,28)29;;/h6-9,11-12H,5,10,13H2,1-4H3,(H,30,31)(H,32,33);2*1H. The lowest BCUT2D eigenvalue weighted by Crippen LogP contribution is -2.23. The van der Waals surface area contributed by atoms with E-state index in [0.717, 1.165) is 11.1 Å². The fourth-order valence-electron chi connectivity index (χ4n) is 4.22. The van der Waals surface area contributed by atoms with Gasteiger partial charge in [-0.1, -0.05) is 6.92 Å². The van der Waals surface area contributed by atoms with Gasteiger partial charge in [0, 0.05) is 28.5 Å². The first-order valence-corrected chi connectivity index (χ1v) is 11.3. The summed E-state index contributed by atoms with van der Waals surface area (Å²) in [5, 5.41) is 4.47. The quantitative estimate of drug-likeness (QED) is 0.266. The molecular formula is C26H28Cl2F3N3O4. The van der Waals surface area contributed by atoms with Crippen molar-refractivity contribution in [1.29, 1.82) is 0 Å². The van der Waals surface area contributed by atoms with Crippen LogP contribution in [0.25, 0.3) is 21.7 Å². The van der Waals surface area contributed by atoms with Gasteiger partial charge in [-0.15, -0.1) is 24.8 Å². The number of aryl methyl sites for hydroxylation is 1. The van der Waals surface area contributed by atoms with Crippen molar-refractivity contribution in [2.24, 2.45) is 0 Å². The van der Waals surface area contributed by atoms with Crippen LogP contribution in [0.4, 0.5) is 19.0 Å². The number of alkyl halides is 3. The van der Waals surface area contributed by atoms with Crippen LogP contribution in [-0.4, -0.2) is 44.0 Å². The number of aromatic amines is 1. The van der Waals surface area contributed by atoms with E-state index in [2.05, 4.69) is 15.3 Å². The van der Waals surface area contributed by atoms with Crippen LogP contribution in [0.2, 0.25) is 0 Å². The smallest absolute Gasteiger partial charge is 0.405 e. The number of H-pyrrole nitrogens is 1. The monoisotopic (exact) mass is 573 g/mol. The molecule has 0 aliphatic heterocycles. The Labute approximate surface area is 229 Å². The van der Waals surface area contributed by atoms with Crippen molar-refractivity contribution in [3.8, 4) is 17.2 Å². The first-order valence-electron chi connectivity index (χ1n) is 11.3. The molecule has 4 aromatic rings. The Hall–Kier alpha value is -3.37. The number of methoxy groups -OCH3 is 3. The molecule has 2 aromatic heterocycles. The summed E-state index contributed by atoms with van der Waals surface area (Å²) in [4.78, 5) is 20.5. The molecule has 206 valence electrons. The highest BCUT2D eigenvalue weighted by atomic mass is 35.5. The number of aromatic nitrogens is 2. The second-order valence-corrected chi connectivity index (χ2v) is 8.22. The number of fused-ring (bicyclic) bond motifs is 2. The topological polar surface area (TPSA) is 85.5 Å². The Kier molecular flexibility index (Phi) is 10.1. The number of pyridine rings is 2. The van der Waals surface area contributed by atoms with Gasteiger partial charge in [-0.05, 0) is 53.8 Å². The number of nitrogens with one attached hydrogen (secondary N) is 2. The summed E-state index contributed by atoms with van der Waals surface area (Å²) in [6.45, 7) is 0.659. The van der Waals surface area contributed by atoms with Crippen molar-refractivity contribution >= 4 is 52.3 Å². The lowest BCUT2D eigenvalue weighted by Gasteiger charge is -2.17. The maximum atomic E-state index is 13.2. The van der Waals surface area contributed by atoms with Crippen molar-refractivity contribution in [3.63, 3.8) is 0 Å². The van der Waals surface area contributed by atoms with Crippen LogP contribution in [0, 0.1) is 0 Å². The zero-order chi connectivity index (χ0) is 26.0. The van der Waals surface area contributed by atoms with Gasteiger partial charge in [0.2, 0.25) is 0 Å². The van der Waals surface area contributed by atoms with Gasteiger partial charge in [0.05, 0.1) is 26.8 Å². The van der Waals surface area contributed by atoms with Crippen LogP contribution in [0.5, 0.6) is 17.2 Å². The number of rotatable bonds is 8. The number of halogens is 5. The molecule has 0 saturated heterocycles. The zero-order valence-electron chi connectivity index (χ0n) is 21.1. The van der Waals surface area contributed by atoms with E-state index in [9.17, 15) is 18.0 Å². The fourth-order valence-corrected chi connectivity index (χ4v) is 4.22. The first kappa shape index (κ1) is 30.9. The van der Waals surface area contributed by atoms with Gasteiger partial charge < -0.3 is 24.5 Å². The maximum Gasteiger partial charge on any atom is 0.405 e. The van der Waals surface area contributed by atoms with Gasteiger partial charge in [0.1, 0.15) is 18.1 Å². The molecule has 2 N–H and O–H groups in total. The molecule has 0 bridgehead atoms. The summed E-state index contributed by atoms with van der Waals surface area (Å²) >= 11 is 0. The molecule has 0 unspecified atom stereocenters. The van der Waals surface area contributed by atoms with Crippen molar-refractivity contribution in [2.75, 3.05) is 33.2 Å². The molecule has 0 saturated carbocycles. The summed E-state index contributed by atoms with van der Waals surface area (Å²) < 4.78 is 55.3. The minimum absolute atomic E-state index is 0. The van der Waals surface area contributed by atoms with Crippen LogP contribution >= 0.6 is 24.8 Å². The van der Waals surface area contributed by atoms with Crippen LogP contribution < -0.4 is 25.1 Å². The Morgan fingerprint density at radius 3 is 2.18 bits per heavy atom. The average molecular weight is 574 g/mol. The molecule has 0 radical (unpaired) electrons. The third kappa shape index (κ3) is 6.36. The highest BCUT2D eigenvalue weighted by Crippen LogP contribution is 2.35. The molecule has 0 amide bonds. The summed E-state index contributed by atoms with van der Waals surface area (Å²) in [6, 6.07) is 10.3. The molecule has 0 atom stereocenters. The molecule has 0 aliphatic carbocycles. The molecule has 2 aromatic carbocycles. The first-order chi connectivity index (χ1) is 17.2. The third-order valence-electron chi connectivity index (χ3n) is 5.99. The van der Waals surface area contributed by atoms with E-state index in [-0.39, 0.29) is 42.6 Å². The van der Waals surface area contributed by atoms with E-state index < -0.39 is 12.7 Å².